The van der Waals surface area contributed by atoms with Crippen LogP contribution >= 0.6 is 15.9 Å². The highest BCUT2D eigenvalue weighted by Gasteiger charge is 2.14. The largest absolute Gasteiger partial charge is 0.337 e. The maximum Gasteiger partial charge on any atom is 0.255 e. The van der Waals surface area contributed by atoms with Gasteiger partial charge < -0.3 is 4.90 Å². The predicted octanol–water partition coefficient (Wildman–Crippen LogP) is 3.26. The normalized spacial score (nSPS) is 10.3. The Balaban J connectivity index is 2.15. The fourth-order valence-electron chi connectivity index (χ4n) is 1.70. The van der Waals surface area contributed by atoms with E-state index in [1.807, 2.05) is 0 Å². The third-order valence-electron chi connectivity index (χ3n) is 2.67. The zero-order valence-electron chi connectivity index (χ0n) is 10.3. The molecule has 0 N–H and O–H groups in total. The summed E-state index contributed by atoms with van der Waals surface area (Å²) in [7, 11) is 1.63. The number of halogens is 2. The number of carbonyl (C=O) groups excluding carboxylic acids is 1. The van der Waals surface area contributed by atoms with Crippen molar-refractivity contribution < 1.29 is 9.18 Å². The number of carbonyl (C=O) groups is 1. The molecule has 0 bridgehead atoms. The number of hydrogen-bond acceptors (Lipinski definition) is 2. The monoisotopic (exact) mass is 322 g/mol. The minimum absolute atomic E-state index is 0.188. The quantitative estimate of drug-likeness (QED) is 0.869. The van der Waals surface area contributed by atoms with E-state index in [1.165, 1.54) is 17.2 Å². The van der Waals surface area contributed by atoms with Crippen LogP contribution in [0.4, 0.5) is 4.39 Å². The highest BCUT2D eigenvalue weighted by atomic mass is 79.9. The Morgan fingerprint density at radius 3 is 2.89 bits per heavy atom. The van der Waals surface area contributed by atoms with Gasteiger partial charge in [-0.25, -0.2) is 4.39 Å². The molecule has 19 heavy (non-hydrogen) atoms. The van der Waals surface area contributed by atoms with Crippen LogP contribution in [-0.4, -0.2) is 22.8 Å². The zero-order chi connectivity index (χ0) is 13.8. The van der Waals surface area contributed by atoms with Crippen LogP contribution in [0.3, 0.4) is 0 Å². The van der Waals surface area contributed by atoms with E-state index in [0.717, 1.165) is 4.47 Å². The molecule has 1 aromatic heterocycles. The van der Waals surface area contributed by atoms with Gasteiger partial charge in [-0.15, -0.1) is 0 Å². The van der Waals surface area contributed by atoms with Gasteiger partial charge in [-0.05, 0) is 30.3 Å². The Morgan fingerprint density at radius 2 is 2.21 bits per heavy atom. The van der Waals surface area contributed by atoms with Crippen molar-refractivity contribution in [3.8, 4) is 0 Å². The lowest BCUT2D eigenvalue weighted by atomic mass is 10.2. The first-order chi connectivity index (χ1) is 9.08. The van der Waals surface area contributed by atoms with Crippen LogP contribution in [0.25, 0.3) is 0 Å². The fourth-order valence-corrected chi connectivity index (χ4v) is 2.11. The lowest BCUT2D eigenvalue weighted by molar-refractivity contribution is 0.0783. The van der Waals surface area contributed by atoms with Gasteiger partial charge in [0, 0.05) is 36.0 Å². The summed E-state index contributed by atoms with van der Waals surface area (Å²) in [5.41, 5.74) is 0.953. The van der Waals surface area contributed by atoms with Crippen LogP contribution in [0, 0.1) is 5.82 Å². The number of amides is 1. The molecule has 1 aromatic carbocycles. The number of hydrogen-bond donors (Lipinski definition) is 0. The van der Waals surface area contributed by atoms with E-state index in [0.29, 0.717) is 11.1 Å². The Morgan fingerprint density at radius 1 is 1.42 bits per heavy atom. The second-order valence-corrected chi connectivity index (χ2v) is 5.05. The van der Waals surface area contributed by atoms with Crippen LogP contribution in [0.5, 0.6) is 0 Å². The number of aromatic nitrogens is 1. The Hall–Kier alpha value is -1.75. The molecule has 0 atom stereocenters. The van der Waals surface area contributed by atoms with E-state index in [1.54, 1.807) is 37.5 Å². The Kier molecular flexibility index (Phi) is 4.27. The minimum Gasteiger partial charge on any atom is -0.337 e. The third kappa shape index (κ3) is 3.38. The summed E-state index contributed by atoms with van der Waals surface area (Å²) in [6.07, 6.45) is 3.10. The molecule has 2 rings (SSSR count). The molecule has 0 unspecified atom stereocenters. The molecule has 0 saturated carbocycles. The molecule has 2 aromatic rings. The molecule has 1 amide bonds. The zero-order valence-corrected chi connectivity index (χ0v) is 11.9. The van der Waals surface area contributed by atoms with Gasteiger partial charge in [0.1, 0.15) is 5.82 Å². The van der Waals surface area contributed by atoms with Gasteiger partial charge in [-0.3, -0.25) is 9.78 Å². The number of pyridine rings is 1. The highest BCUT2D eigenvalue weighted by molar-refractivity contribution is 9.10. The molecule has 0 spiro atoms. The first-order valence-electron chi connectivity index (χ1n) is 5.67. The molecule has 0 fully saturated rings. The van der Waals surface area contributed by atoms with Crippen molar-refractivity contribution in [2.24, 2.45) is 0 Å². The van der Waals surface area contributed by atoms with Gasteiger partial charge in [-0.2, -0.15) is 0 Å². The molecule has 1 heterocycles. The average molecular weight is 323 g/mol. The molecule has 0 aliphatic heterocycles. The molecule has 0 aliphatic carbocycles. The van der Waals surface area contributed by atoms with Gasteiger partial charge in [-0.1, -0.05) is 15.9 Å². The molecule has 3 nitrogen and oxygen atoms in total. The van der Waals surface area contributed by atoms with Gasteiger partial charge in [0.15, 0.2) is 0 Å². The molecule has 5 heteroatoms. The summed E-state index contributed by atoms with van der Waals surface area (Å²) in [5.74, 6) is -0.512. The molecule has 0 radical (unpaired) electrons. The topological polar surface area (TPSA) is 33.2 Å². The molecule has 0 saturated heterocycles. The number of rotatable bonds is 3. The van der Waals surface area contributed by atoms with Crippen molar-refractivity contribution in [2.45, 2.75) is 6.54 Å². The first kappa shape index (κ1) is 13.7. The lowest BCUT2D eigenvalue weighted by Crippen LogP contribution is -2.26. The SMILES string of the molecule is CN(Cc1cc(Br)ccc1F)C(=O)c1cccnc1. The van der Waals surface area contributed by atoms with Crippen molar-refractivity contribution in [1.29, 1.82) is 0 Å². The molecular weight excluding hydrogens is 311 g/mol. The summed E-state index contributed by atoms with van der Waals surface area (Å²) in [6.45, 7) is 0.207. The van der Waals surface area contributed by atoms with Crippen molar-refractivity contribution in [3.63, 3.8) is 0 Å². The average Bonchev–Trinajstić information content (AvgIpc) is 2.43. The summed E-state index contributed by atoms with van der Waals surface area (Å²) in [4.78, 5) is 17.5. The van der Waals surface area contributed by atoms with E-state index in [9.17, 15) is 9.18 Å². The summed E-state index contributed by atoms with van der Waals surface area (Å²) < 4.78 is 14.4. The number of benzene rings is 1. The second kappa shape index (κ2) is 5.93. The summed E-state index contributed by atoms with van der Waals surface area (Å²) in [6, 6.07) is 8.05. The van der Waals surface area contributed by atoms with Crippen LogP contribution < -0.4 is 0 Å². The van der Waals surface area contributed by atoms with Gasteiger partial charge >= 0.3 is 0 Å². The van der Waals surface area contributed by atoms with Crippen molar-refractivity contribution in [2.75, 3.05) is 7.05 Å². The van der Waals surface area contributed by atoms with Gasteiger partial charge in [0.25, 0.3) is 5.91 Å². The molecule has 98 valence electrons. The minimum atomic E-state index is -0.325. The maximum absolute atomic E-state index is 13.6. The third-order valence-corrected chi connectivity index (χ3v) is 3.16. The van der Waals surface area contributed by atoms with E-state index in [-0.39, 0.29) is 18.3 Å². The van der Waals surface area contributed by atoms with Crippen LogP contribution in [0.15, 0.2) is 47.2 Å². The van der Waals surface area contributed by atoms with Crippen LogP contribution in [0.2, 0.25) is 0 Å². The van der Waals surface area contributed by atoms with Crippen molar-refractivity contribution >= 4 is 21.8 Å². The summed E-state index contributed by atoms with van der Waals surface area (Å²) in [5, 5.41) is 0. The Labute approximate surface area is 119 Å². The maximum atomic E-state index is 13.6. The van der Waals surface area contributed by atoms with E-state index in [4.69, 9.17) is 0 Å². The lowest BCUT2D eigenvalue weighted by Gasteiger charge is -2.17. The standard InChI is InChI=1S/C14H12BrFN2O/c1-18(14(19)10-3-2-6-17-8-10)9-11-7-12(15)4-5-13(11)16/h2-8H,9H2,1H3. The van der Waals surface area contributed by atoms with Gasteiger partial charge in [0.05, 0.1) is 5.56 Å². The van der Waals surface area contributed by atoms with E-state index in [2.05, 4.69) is 20.9 Å². The smallest absolute Gasteiger partial charge is 0.255 e. The Bertz CT molecular complexity index is 589. The summed E-state index contributed by atoms with van der Waals surface area (Å²) >= 11 is 3.29. The highest BCUT2D eigenvalue weighted by Crippen LogP contribution is 2.17. The van der Waals surface area contributed by atoms with E-state index >= 15 is 0 Å². The first-order valence-corrected chi connectivity index (χ1v) is 6.46. The van der Waals surface area contributed by atoms with Crippen LogP contribution in [-0.2, 0) is 6.54 Å². The van der Waals surface area contributed by atoms with Crippen molar-refractivity contribution in [1.82, 2.24) is 9.88 Å². The van der Waals surface area contributed by atoms with Crippen molar-refractivity contribution in [3.05, 3.63) is 64.1 Å². The van der Waals surface area contributed by atoms with Crippen LogP contribution in [0.1, 0.15) is 15.9 Å². The predicted molar refractivity (Wildman–Crippen MR) is 74.1 cm³/mol. The number of nitrogens with zero attached hydrogens (tertiary/aromatic N) is 2. The van der Waals surface area contributed by atoms with Gasteiger partial charge in [0.2, 0.25) is 0 Å². The van der Waals surface area contributed by atoms with E-state index < -0.39 is 0 Å². The molecule has 0 aliphatic rings. The fraction of sp³-hybridized carbons (Fsp3) is 0.143. The second-order valence-electron chi connectivity index (χ2n) is 4.14. The molecular formula is C14H12BrFN2O.